The third-order valence-corrected chi connectivity index (χ3v) is 4.87. The Bertz CT molecular complexity index is 846. The van der Waals surface area contributed by atoms with Crippen LogP contribution in [-0.4, -0.2) is 25.9 Å². The molecule has 0 spiro atoms. The van der Waals surface area contributed by atoms with Gasteiger partial charge in [-0.25, -0.2) is 0 Å². The second-order valence-electron chi connectivity index (χ2n) is 5.28. The van der Waals surface area contributed by atoms with Crippen LogP contribution in [0, 0.1) is 0 Å². The third kappa shape index (κ3) is 4.05. The first kappa shape index (κ1) is 17.6. The van der Waals surface area contributed by atoms with Crippen molar-refractivity contribution in [1.82, 2.24) is 14.8 Å². The van der Waals surface area contributed by atoms with Gasteiger partial charge in [0, 0.05) is 17.3 Å². The van der Waals surface area contributed by atoms with Crippen LogP contribution < -0.4 is 5.32 Å². The highest BCUT2D eigenvalue weighted by molar-refractivity contribution is 8.00. The van der Waals surface area contributed by atoms with Crippen LogP contribution in [-0.2, 0) is 11.3 Å². The van der Waals surface area contributed by atoms with Gasteiger partial charge in [-0.1, -0.05) is 23.4 Å². The summed E-state index contributed by atoms with van der Waals surface area (Å²) in [7, 11) is 0. The molecule has 3 rings (SSSR count). The number of halogens is 1. The molecule has 1 atom stereocenters. The highest BCUT2D eigenvalue weighted by atomic mass is 35.5. The minimum absolute atomic E-state index is 0.113. The van der Waals surface area contributed by atoms with Crippen LogP contribution in [0.1, 0.15) is 13.8 Å². The molecule has 2 aromatic heterocycles. The number of furan rings is 1. The molecule has 0 radical (unpaired) electrons. The quantitative estimate of drug-likeness (QED) is 0.648. The summed E-state index contributed by atoms with van der Waals surface area (Å²) in [5.74, 6) is 1.19. The lowest BCUT2D eigenvalue weighted by molar-refractivity contribution is -0.115. The number of rotatable bonds is 6. The number of carbonyl (C=O) groups is 1. The molecule has 3 aromatic rings. The van der Waals surface area contributed by atoms with Gasteiger partial charge in [0.25, 0.3) is 0 Å². The number of thioether (sulfide) groups is 1. The van der Waals surface area contributed by atoms with Gasteiger partial charge in [-0.15, -0.1) is 10.2 Å². The Morgan fingerprint density at radius 1 is 1.32 bits per heavy atom. The van der Waals surface area contributed by atoms with Gasteiger partial charge in [0.05, 0.1) is 11.5 Å². The van der Waals surface area contributed by atoms with E-state index >= 15 is 0 Å². The van der Waals surface area contributed by atoms with E-state index in [2.05, 4.69) is 15.5 Å². The first-order valence-corrected chi connectivity index (χ1v) is 9.04. The van der Waals surface area contributed by atoms with E-state index in [0.29, 0.717) is 34.0 Å². The molecule has 1 N–H and O–H groups in total. The van der Waals surface area contributed by atoms with E-state index in [0.717, 1.165) is 0 Å². The predicted octanol–water partition coefficient (Wildman–Crippen LogP) is 4.33. The second kappa shape index (κ2) is 7.76. The zero-order valence-corrected chi connectivity index (χ0v) is 15.3. The van der Waals surface area contributed by atoms with E-state index in [-0.39, 0.29) is 11.2 Å². The fraction of sp³-hybridized carbons (Fsp3) is 0.235. The summed E-state index contributed by atoms with van der Waals surface area (Å²) in [6, 6.07) is 10.6. The summed E-state index contributed by atoms with van der Waals surface area (Å²) in [6.45, 7) is 4.51. The first-order chi connectivity index (χ1) is 12.1. The number of anilines is 1. The maximum absolute atomic E-state index is 12.4. The summed E-state index contributed by atoms with van der Waals surface area (Å²) in [4.78, 5) is 12.4. The number of amides is 1. The summed E-state index contributed by atoms with van der Waals surface area (Å²) in [5.41, 5.74) is 0.704. The van der Waals surface area contributed by atoms with Crippen molar-refractivity contribution in [2.75, 3.05) is 5.32 Å². The minimum Gasteiger partial charge on any atom is -0.461 e. The lowest BCUT2D eigenvalue weighted by Crippen LogP contribution is -2.22. The number of aromatic nitrogens is 3. The molecule has 0 aliphatic heterocycles. The smallest absolute Gasteiger partial charge is 0.237 e. The Morgan fingerprint density at radius 3 is 2.72 bits per heavy atom. The fourth-order valence-corrected chi connectivity index (χ4v) is 3.28. The largest absolute Gasteiger partial charge is 0.461 e. The van der Waals surface area contributed by atoms with Gasteiger partial charge in [-0.3, -0.25) is 9.36 Å². The fourth-order valence-electron chi connectivity index (χ4n) is 2.24. The zero-order chi connectivity index (χ0) is 17.8. The molecule has 0 aliphatic rings. The first-order valence-electron chi connectivity index (χ1n) is 7.78. The molecule has 1 aromatic carbocycles. The molecule has 0 bridgehead atoms. The van der Waals surface area contributed by atoms with Crippen molar-refractivity contribution in [3.63, 3.8) is 0 Å². The highest BCUT2D eigenvalue weighted by Gasteiger charge is 2.21. The maximum Gasteiger partial charge on any atom is 0.237 e. The summed E-state index contributed by atoms with van der Waals surface area (Å²) in [5, 5.41) is 12.2. The Kier molecular flexibility index (Phi) is 5.45. The molecule has 0 unspecified atom stereocenters. The van der Waals surface area contributed by atoms with Crippen LogP contribution >= 0.6 is 23.4 Å². The molecule has 0 saturated heterocycles. The van der Waals surface area contributed by atoms with E-state index in [1.165, 1.54) is 11.8 Å². The van der Waals surface area contributed by atoms with Crippen LogP contribution in [0.25, 0.3) is 11.6 Å². The maximum atomic E-state index is 12.4. The van der Waals surface area contributed by atoms with Crippen molar-refractivity contribution >= 4 is 35.0 Å². The minimum atomic E-state index is -0.338. The van der Waals surface area contributed by atoms with Crippen molar-refractivity contribution in [2.24, 2.45) is 0 Å². The average Bonchev–Trinajstić information content (AvgIpc) is 3.25. The summed E-state index contributed by atoms with van der Waals surface area (Å²) < 4.78 is 7.32. The number of hydrogen-bond acceptors (Lipinski definition) is 5. The van der Waals surface area contributed by atoms with Crippen molar-refractivity contribution < 1.29 is 9.21 Å². The highest BCUT2D eigenvalue weighted by Crippen LogP contribution is 2.27. The van der Waals surface area contributed by atoms with Gasteiger partial charge in [0.1, 0.15) is 0 Å². The van der Waals surface area contributed by atoms with Gasteiger partial charge in [0.15, 0.2) is 16.7 Å². The molecular weight excluding hydrogens is 360 g/mol. The van der Waals surface area contributed by atoms with Gasteiger partial charge < -0.3 is 9.73 Å². The third-order valence-electron chi connectivity index (χ3n) is 3.54. The molecule has 2 heterocycles. The Morgan fingerprint density at radius 2 is 2.08 bits per heavy atom. The van der Waals surface area contributed by atoms with E-state index < -0.39 is 0 Å². The van der Waals surface area contributed by atoms with Crippen LogP contribution in [0.3, 0.4) is 0 Å². The number of nitrogens with zero attached hydrogens (tertiary/aromatic N) is 3. The van der Waals surface area contributed by atoms with Gasteiger partial charge >= 0.3 is 0 Å². The van der Waals surface area contributed by atoms with Crippen LogP contribution in [0.4, 0.5) is 5.69 Å². The Balaban J connectivity index is 1.71. The van der Waals surface area contributed by atoms with Crippen LogP contribution in [0.15, 0.2) is 52.2 Å². The topological polar surface area (TPSA) is 73.0 Å². The average molecular weight is 377 g/mol. The van der Waals surface area contributed by atoms with Crippen molar-refractivity contribution in [2.45, 2.75) is 30.8 Å². The van der Waals surface area contributed by atoms with Gasteiger partial charge in [-0.05, 0) is 50.2 Å². The monoisotopic (exact) mass is 376 g/mol. The number of hydrogen-bond donors (Lipinski definition) is 1. The van der Waals surface area contributed by atoms with E-state index in [4.69, 9.17) is 16.0 Å². The van der Waals surface area contributed by atoms with Gasteiger partial charge in [-0.2, -0.15) is 0 Å². The molecule has 0 fully saturated rings. The summed E-state index contributed by atoms with van der Waals surface area (Å²) in [6.07, 6.45) is 1.60. The lowest BCUT2D eigenvalue weighted by atomic mass is 10.3. The Hall–Kier alpha value is -2.25. The van der Waals surface area contributed by atoms with E-state index in [1.54, 1.807) is 36.6 Å². The standard InChI is InChI=1S/C17H17ClN4O2S/c1-3-22-15(14-5-4-10-24-14)20-21-17(22)25-11(2)16(23)19-13-8-6-12(18)7-9-13/h4-11H,3H2,1-2H3,(H,19,23)/t11-/m0/s1. The number of nitrogens with one attached hydrogen (secondary N) is 1. The zero-order valence-electron chi connectivity index (χ0n) is 13.8. The molecule has 0 aliphatic carbocycles. The molecule has 25 heavy (non-hydrogen) atoms. The molecular formula is C17H17ClN4O2S. The normalized spacial score (nSPS) is 12.1. The van der Waals surface area contributed by atoms with Crippen molar-refractivity contribution in [3.8, 4) is 11.6 Å². The molecule has 130 valence electrons. The van der Waals surface area contributed by atoms with Crippen molar-refractivity contribution in [3.05, 3.63) is 47.7 Å². The SMILES string of the molecule is CCn1c(S[C@@H](C)C(=O)Nc2ccc(Cl)cc2)nnc1-c1ccco1. The molecule has 8 heteroatoms. The van der Waals surface area contributed by atoms with E-state index in [1.807, 2.05) is 24.5 Å². The van der Waals surface area contributed by atoms with Crippen molar-refractivity contribution in [1.29, 1.82) is 0 Å². The molecule has 0 saturated carbocycles. The molecule has 6 nitrogen and oxygen atoms in total. The van der Waals surface area contributed by atoms with Crippen LogP contribution in [0.5, 0.6) is 0 Å². The molecule has 1 amide bonds. The number of carbonyl (C=O) groups excluding carboxylic acids is 1. The van der Waals surface area contributed by atoms with E-state index in [9.17, 15) is 4.79 Å². The number of benzene rings is 1. The lowest BCUT2D eigenvalue weighted by Gasteiger charge is -2.12. The van der Waals surface area contributed by atoms with Gasteiger partial charge in [0.2, 0.25) is 5.91 Å². The van der Waals surface area contributed by atoms with Crippen LogP contribution in [0.2, 0.25) is 5.02 Å². The predicted molar refractivity (Wildman–Crippen MR) is 98.8 cm³/mol. The Labute approximate surface area is 154 Å². The second-order valence-corrected chi connectivity index (χ2v) is 7.03. The summed E-state index contributed by atoms with van der Waals surface area (Å²) >= 11 is 7.21.